The SMILES string of the molecule is Cc1cc(N2CCc3ccccc3C2)nc(NC(=S)NC2CCCCCC2)n1. The van der Waals surface area contributed by atoms with Crippen LogP contribution in [0, 0.1) is 6.92 Å². The fourth-order valence-electron chi connectivity index (χ4n) is 4.21. The lowest BCUT2D eigenvalue weighted by Gasteiger charge is -2.30. The topological polar surface area (TPSA) is 53.1 Å². The van der Waals surface area contributed by atoms with Gasteiger partial charge in [0.05, 0.1) is 0 Å². The quantitative estimate of drug-likeness (QED) is 0.595. The highest BCUT2D eigenvalue weighted by atomic mass is 32.1. The van der Waals surface area contributed by atoms with Crippen LogP contribution < -0.4 is 15.5 Å². The van der Waals surface area contributed by atoms with Crippen LogP contribution in [0.1, 0.15) is 55.3 Å². The highest BCUT2D eigenvalue weighted by Gasteiger charge is 2.19. The summed E-state index contributed by atoms with van der Waals surface area (Å²) in [6.07, 6.45) is 8.65. The van der Waals surface area contributed by atoms with Crippen LogP contribution in [-0.4, -0.2) is 27.7 Å². The van der Waals surface area contributed by atoms with Crippen LogP contribution in [0.3, 0.4) is 0 Å². The van der Waals surface area contributed by atoms with Crippen molar-refractivity contribution in [1.82, 2.24) is 15.3 Å². The first kappa shape index (κ1) is 19.1. The fourth-order valence-corrected chi connectivity index (χ4v) is 4.47. The van der Waals surface area contributed by atoms with Crippen LogP contribution in [-0.2, 0) is 13.0 Å². The molecule has 5 nitrogen and oxygen atoms in total. The maximum atomic E-state index is 5.54. The molecule has 0 atom stereocenters. The van der Waals surface area contributed by atoms with Gasteiger partial charge in [-0.05, 0) is 49.5 Å². The van der Waals surface area contributed by atoms with Gasteiger partial charge in [0.25, 0.3) is 0 Å². The normalized spacial score (nSPS) is 17.5. The third-order valence-electron chi connectivity index (χ3n) is 5.71. The Kier molecular flexibility index (Phi) is 6.05. The molecule has 4 rings (SSSR count). The van der Waals surface area contributed by atoms with E-state index in [-0.39, 0.29) is 0 Å². The zero-order chi connectivity index (χ0) is 19.3. The van der Waals surface area contributed by atoms with Gasteiger partial charge >= 0.3 is 0 Å². The van der Waals surface area contributed by atoms with Crippen molar-refractivity contribution in [3.8, 4) is 0 Å². The van der Waals surface area contributed by atoms with Crippen molar-refractivity contribution in [3.63, 3.8) is 0 Å². The number of hydrogen-bond donors (Lipinski definition) is 2. The number of benzene rings is 1. The lowest BCUT2D eigenvalue weighted by atomic mass is 10.00. The summed E-state index contributed by atoms with van der Waals surface area (Å²) in [6, 6.07) is 11.2. The number of aromatic nitrogens is 2. The van der Waals surface area contributed by atoms with Gasteiger partial charge in [0.15, 0.2) is 5.11 Å². The maximum absolute atomic E-state index is 5.54. The zero-order valence-electron chi connectivity index (χ0n) is 16.6. The van der Waals surface area contributed by atoms with Gasteiger partial charge in [-0.1, -0.05) is 49.9 Å². The predicted octanol–water partition coefficient (Wildman–Crippen LogP) is 4.36. The molecule has 2 heterocycles. The zero-order valence-corrected chi connectivity index (χ0v) is 17.4. The molecule has 1 aliphatic heterocycles. The van der Waals surface area contributed by atoms with Crippen molar-refractivity contribution in [2.75, 3.05) is 16.8 Å². The third-order valence-corrected chi connectivity index (χ3v) is 5.93. The second-order valence-electron chi connectivity index (χ2n) is 7.92. The minimum atomic E-state index is 0.463. The summed E-state index contributed by atoms with van der Waals surface area (Å²) in [6.45, 7) is 3.87. The van der Waals surface area contributed by atoms with E-state index in [0.29, 0.717) is 17.1 Å². The number of hydrogen-bond acceptors (Lipinski definition) is 4. The number of rotatable bonds is 3. The second kappa shape index (κ2) is 8.86. The Morgan fingerprint density at radius 1 is 1.07 bits per heavy atom. The molecule has 148 valence electrons. The molecule has 1 aromatic carbocycles. The standard InChI is InChI=1S/C22H29N5S/c1-16-14-20(27-13-12-17-8-6-7-9-18(17)15-27)25-21(23-16)26-22(28)24-19-10-4-2-3-5-11-19/h6-9,14,19H,2-5,10-13,15H2,1H3,(H2,23,24,25,26,28). The predicted molar refractivity (Wildman–Crippen MR) is 119 cm³/mol. The molecule has 0 saturated heterocycles. The molecule has 1 fully saturated rings. The maximum Gasteiger partial charge on any atom is 0.231 e. The monoisotopic (exact) mass is 395 g/mol. The van der Waals surface area contributed by atoms with E-state index < -0.39 is 0 Å². The van der Waals surface area contributed by atoms with Gasteiger partial charge in [0, 0.05) is 30.9 Å². The summed E-state index contributed by atoms with van der Waals surface area (Å²) in [5.41, 5.74) is 3.77. The van der Waals surface area contributed by atoms with E-state index in [1.165, 1.54) is 49.7 Å². The molecule has 0 bridgehead atoms. The van der Waals surface area contributed by atoms with Crippen LogP contribution in [0.15, 0.2) is 30.3 Å². The average molecular weight is 396 g/mol. The van der Waals surface area contributed by atoms with Crippen LogP contribution in [0.5, 0.6) is 0 Å². The van der Waals surface area contributed by atoms with Crippen molar-refractivity contribution < 1.29 is 0 Å². The third kappa shape index (κ3) is 4.79. The van der Waals surface area contributed by atoms with Gasteiger partial charge in [-0.3, -0.25) is 0 Å². The molecule has 0 unspecified atom stereocenters. The molecule has 6 heteroatoms. The number of fused-ring (bicyclic) bond motifs is 1. The summed E-state index contributed by atoms with van der Waals surface area (Å²) >= 11 is 5.54. The van der Waals surface area contributed by atoms with Gasteiger partial charge in [0.2, 0.25) is 5.95 Å². The van der Waals surface area contributed by atoms with E-state index in [1.54, 1.807) is 0 Å². The van der Waals surface area contributed by atoms with Crippen LogP contribution >= 0.6 is 12.2 Å². The Hall–Kier alpha value is -2.21. The van der Waals surface area contributed by atoms with E-state index >= 15 is 0 Å². The van der Waals surface area contributed by atoms with E-state index in [9.17, 15) is 0 Å². The highest BCUT2D eigenvalue weighted by Crippen LogP contribution is 2.24. The summed E-state index contributed by atoms with van der Waals surface area (Å²) in [5.74, 6) is 1.54. The molecule has 1 aliphatic carbocycles. The van der Waals surface area contributed by atoms with Crippen molar-refractivity contribution in [3.05, 3.63) is 47.2 Å². The Bertz CT molecular complexity index is 829. The first-order chi connectivity index (χ1) is 13.7. The highest BCUT2D eigenvalue weighted by molar-refractivity contribution is 7.80. The Balaban J connectivity index is 1.43. The molecule has 1 aromatic heterocycles. The van der Waals surface area contributed by atoms with E-state index in [0.717, 1.165) is 31.0 Å². The molecule has 2 aromatic rings. The van der Waals surface area contributed by atoms with Crippen LogP contribution in [0.4, 0.5) is 11.8 Å². The molecule has 0 amide bonds. The fraction of sp³-hybridized carbons (Fsp3) is 0.500. The van der Waals surface area contributed by atoms with Gasteiger partial charge in [0.1, 0.15) is 5.82 Å². The average Bonchev–Trinajstić information content (AvgIpc) is 2.95. The number of nitrogens with zero attached hydrogens (tertiary/aromatic N) is 3. The Morgan fingerprint density at radius 3 is 2.61 bits per heavy atom. The minimum absolute atomic E-state index is 0.463. The first-order valence-corrected chi connectivity index (χ1v) is 10.8. The van der Waals surface area contributed by atoms with Crippen molar-refractivity contribution in [2.45, 2.75) is 64.5 Å². The molecule has 2 N–H and O–H groups in total. The van der Waals surface area contributed by atoms with Gasteiger partial charge in [-0.25, -0.2) is 4.98 Å². The summed E-state index contributed by atoms with van der Waals surface area (Å²) in [7, 11) is 0. The van der Waals surface area contributed by atoms with E-state index in [1.807, 2.05) is 6.92 Å². The smallest absolute Gasteiger partial charge is 0.231 e. The summed E-state index contributed by atoms with van der Waals surface area (Å²) < 4.78 is 0. The molecule has 1 saturated carbocycles. The first-order valence-electron chi connectivity index (χ1n) is 10.4. The van der Waals surface area contributed by atoms with Gasteiger partial charge in [-0.2, -0.15) is 4.98 Å². The molecular formula is C22H29N5S. The molecule has 0 spiro atoms. The second-order valence-corrected chi connectivity index (χ2v) is 8.33. The van der Waals surface area contributed by atoms with Gasteiger partial charge < -0.3 is 15.5 Å². The summed E-state index contributed by atoms with van der Waals surface area (Å²) in [4.78, 5) is 11.6. The molecular weight excluding hydrogens is 366 g/mol. The number of nitrogens with one attached hydrogen (secondary N) is 2. The lowest BCUT2D eigenvalue weighted by molar-refractivity contribution is 0.535. The van der Waals surface area contributed by atoms with E-state index in [4.69, 9.17) is 17.2 Å². The number of anilines is 2. The molecule has 28 heavy (non-hydrogen) atoms. The lowest BCUT2D eigenvalue weighted by Crippen LogP contribution is -2.38. The van der Waals surface area contributed by atoms with Crippen molar-refractivity contribution in [1.29, 1.82) is 0 Å². The molecule has 0 radical (unpaired) electrons. The Labute approximate surface area is 173 Å². The van der Waals surface area contributed by atoms with Gasteiger partial charge in [-0.15, -0.1) is 0 Å². The number of thiocarbonyl (C=S) groups is 1. The Morgan fingerprint density at radius 2 is 1.82 bits per heavy atom. The van der Waals surface area contributed by atoms with Crippen molar-refractivity contribution in [2.24, 2.45) is 0 Å². The van der Waals surface area contributed by atoms with Crippen molar-refractivity contribution >= 4 is 29.1 Å². The van der Waals surface area contributed by atoms with Crippen LogP contribution in [0.2, 0.25) is 0 Å². The largest absolute Gasteiger partial charge is 0.360 e. The van der Waals surface area contributed by atoms with Crippen LogP contribution in [0.25, 0.3) is 0 Å². The molecule has 2 aliphatic rings. The summed E-state index contributed by atoms with van der Waals surface area (Å²) in [5, 5.41) is 7.32. The van der Waals surface area contributed by atoms with E-state index in [2.05, 4.69) is 50.8 Å². The number of aryl methyl sites for hydroxylation is 1. The minimum Gasteiger partial charge on any atom is -0.360 e.